The van der Waals surface area contributed by atoms with Gasteiger partial charge in [0.15, 0.2) is 0 Å². The summed E-state index contributed by atoms with van der Waals surface area (Å²) < 4.78 is 1.55. The summed E-state index contributed by atoms with van der Waals surface area (Å²) in [4.78, 5) is 19.2. The summed E-state index contributed by atoms with van der Waals surface area (Å²) in [5.41, 5.74) is 3.27. The van der Waals surface area contributed by atoms with Crippen molar-refractivity contribution in [1.29, 1.82) is 0 Å². The highest BCUT2D eigenvalue weighted by Crippen LogP contribution is 2.32. The van der Waals surface area contributed by atoms with Crippen LogP contribution in [0.4, 0.5) is 0 Å². The number of carbonyl (C=O) groups is 1. The third-order valence-corrected chi connectivity index (χ3v) is 3.00. The van der Waals surface area contributed by atoms with Crippen LogP contribution in [0, 0.1) is 0 Å². The summed E-state index contributed by atoms with van der Waals surface area (Å²) >= 11 is 0. The number of carboxylic acids is 1. The van der Waals surface area contributed by atoms with Crippen LogP contribution >= 0.6 is 0 Å². The molecule has 1 aliphatic rings. The van der Waals surface area contributed by atoms with Crippen molar-refractivity contribution in [2.45, 2.75) is 12.8 Å². The summed E-state index contributed by atoms with van der Waals surface area (Å²) in [7, 11) is 1.71. The normalized spacial score (nSPS) is 13.0. The van der Waals surface area contributed by atoms with Gasteiger partial charge in [-0.1, -0.05) is 0 Å². The number of rotatable bonds is 1. The molecule has 0 fully saturated rings. The van der Waals surface area contributed by atoms with E-state index in [4.69, 9.17) is 0 Å². The molecule has 0 amide bonds. The first-order valence-corrected chi connectivity index (χ1v) is 5.25. The standard InChI is InChI=1S/C11H10N4O2/c1-15-10-7(9(14-15)11(16)17)3-2-6-4-12-5-13-8(6)10/h4-5H,2-3H2,1H3,(H,16,17)/p-1. The minimum Gasteiger partial charge on any atom is -0.543 e. The van der Waals surface area contributed by atoms with Gasteiger partial charge in [0.05, 0.1) is 17.4 Å². The average Bonchev–Trinajstić information content (AvgIpc) is 2.67. The smallest absolute Gasteiger partial charge is 0.116 e. The van der Waals surface area contributed by atoms with Gasteiger partial charge in [0.2, 0.25) is 0 Å². The highest BCUT2D eigenvalue weighted by molar-refractivity contribution is 5.88. The molecule has 6 heteroatoms. The van der Waals surface area contributed by atoms with Gasteiger partial charge in [-0.2, -0.15) is 5.10 Å². The number of carboxylic acid groups (broad SMARTS) is 1. The van der Waals surface area contributed by atoms with E-state index in [0.717, 1.165) is 23.4 Å². The van der Waals surface area contributed by atoms with Crippen LogP contribution in [0.15, 0.2) is 12.5 Å². The van der Waals surface area contributed by atoms with Crippen LogP contribution in [-0.4, -0.2) is 25.7 Å². The lowest BCUT2D eigenvalue weighted by atomic mass is 9.93. The first-order valence-electron chi connectivity index (χ1n) is 5.25. The second-order valence-electron chi connectivity index (χ2n) is 3.98. The van der Waals surface area contributed by atoms with Crippen molar-refractivity contribution in [2.24, 2.45) is 7.05 Å². The second-order valence-corrected chi connectivity index (χ2v) is 3.98. The number of aryl methyl sites for hydroxylation is 2. The molecule has 0 atom stereocenters. The van der Waals surface area contributed by atoms with Crippen LogP contribution in [0.2, 0.25) is 0 Å². The number of hydrogen-bond acceptors (Lipinski definition) is 5. The van der Waals surface area contributed by atoms with Gasteiger partial charge in [0, 0.05) is 18.8 Å². The van der Waals surface area contributed by atoms with E-state index in [0.29, 0.717) is 12.0 Å². The lowest BCUT2D eigenvalue weighted by Crippen LogP contribution is -2.24. The van der Waals surface area contributed by atoms with Gasteiger partial charge in [-0.3, -0.25) is 4.68 Å². The van der Waals surface area contributed by atoms with E-state index in [1.54, 1.807) is 17.9 Å². The lowest BCUT2D eigenvalue weighted by molar-refractivity contribution is -0.255. The monoisotopic (exact) mass is 229 g/mol. The van der Waals surface area contributed by atoms with E-state index in [1.807, 2.05) is 0 Å². The summed E-state index contributed by atoms with van der Waals surface area (Å²) in [6.07, 6.45) is 4.58. The Morgan fingerprint density at radius 1 is 1.47 bits per heavy atom. The summed E-state index contributed by atoms with van der Waals surface area (Å²) in [5.74, 6) is -1.24. The van der Waals surface area contributed by atoms with Crippen molar-refractivity contribution in [1.82, 2.24) is 19.7 Å². The number of nitrogens with zero attached hydrogens (tertiary/aromatic N) is 4. The maximum atomic E-state index is 11.0. The zero-order chi connectivity index (χ0) is 12.0. The minimum absolute atomic E-state index is 0.0202. The molecule has 2 heterocycles. The van der Waals surface area contributed by atoms with Crippen LogP contribution < -0.4 is 5.11 Å². The molecule has 0 spiro atoms. The van der Waals surface area contributed by atoms with E-state index < -0.39 is 5.97 Å². The van der Waals surface area contributed by atoms with Crippen LogP contribution in [0.25, 0.3) is 11.4 Å². The van der Waals surface area contributed by atoms with Crippen molar-refractivity contribution in [3.05, 3.63) is 29.3 Å². The Labute approximate surface area is 96.9 Å². The molecule has 0 unspecified atom stereocenters. The molecule has 0 radical (unpaired) electrons. The van der Waals surface area contributed by atoms with Crippen molar-refractivity contribution in [3.63, 3.8) is 0 Å². The molecule has 6 nitrogen and oxygen atoms in total. The maximum absolute atomic E-state index is 11.0. The maximum Gasteiger partial charge on any atom is 0.116 e. The van der Waals surface area contributed by atoms with E-state index in [2.05, 4.69) is 15.1 Å². The predicted molar refractivity (Wildman–Crippen MR) is 56.0 cm³/mol. The quantitative estimate of drug-likeness (QED) is 0.648. The molecule has 2 aromatic rings. The molecule has 2 aromatic heterocycles. The van der Waals surface area contributed by atoms with Gasteiger partial charge in [-0.15, -0.1) is 0 Å². The van der Waals surface area contributed by atoms with Gasteiger partial charge in [-0.05, 0) is 18.4 Å². The number of fused-ring (bicyclic) bond motifs is 3. The fourth-order valence-corrected chi connectivity index (χ4v) is 2.28. The Morgan fingerprint density at radius 3 is 3.06 bits per heavy atom. The van der Waals surface area contributed by atoms with E-state index in [1.165, 1.54) is 6.33 Å². The fraction of sp³-hybridized carbons (Fsp3) is 0.273. The molecule has 0 aromatic carbocycles. The molecule has 0 saturated carbocycles. The Morgan fingerprint density at radius 2 is 2.29 bits per heavy atom. The number of aromatic nitrogens is 4. The lowest BCUT2D eigenvalue weighted by Gasteiger charge is -2.15. The van der Waals surface area contributed by atoms with E-state index >= 15 is 0 Å². The molecule has 1 aliphatic carbocycles. The molecule has 17 heavy (non-hydrogen) atoms. The highest BCUT2D eigenvalue weighted by atomic mass is 16.4. The topological polar surface area (TPSA) is 83.7 Å². The van der Waals surface area contributed by atoms with Gasteiger partial charge in [0.25, 0.3) is 0 Å². The Bertz CT molecular complexity index is 618. The van der Waals surface area contributed by atoms with E-state index in [9.17, 15) is 9.90 Å². The Hall–Kier alpha value is -2.24. The van der Waals surface area contributed by atoms with Gasteiger partial charge in [-0.25, -0.2) is 9.97 Å². The molecular formula is C11H9N4O2-. The Kier molecular flexibility index (Phi) is 1.98. The average molecular weight is 229 g/mol. The molecule has 3 rings (SSSR count). The first-order chi connectivity index (χ1) is 8.18. The van der Waals surface area contributed by atoms with Gasteiger partial charge in [0.1, 0.15) is 12.0 Å². The van der Waals surface area contributed by atoms with Crippen molar-refractivity contribution < 1.29 is 9.90 Å². The molecule has 0 N–H and O–H groups in total. The van der Waals surface area contributed by atoms with Crippen molar-refractivity contribution in [3.8, 4) is 11.4 Å². The van der Waals surface area contributed by atoms with Crippen molar-refractivity contribution >= 4 is 5.97 Å². The zero-order valence-corrected chi connectivity index (χ0v) is 9.17. The highest BCUT2D eigenvalue weighted by Gasteiger charge is 2.25. The first kappa shape index (κ1) is 9.95. The molecule has 0 saturated heterocycles. The predicted octanol–water partition coefficient (Wildman–Crippen LogP) is -0.661. The Balaban J connectivity index is 2.30. The van der Waals surface area contributed by atoms with Crippen LogP contribution in [-0.2, 0) is 19.9 Å². The third-order valence-electron chi connectivity index (χ3n) is 3.00. The van der Waals surface area contributed by atoms with Crippen LogP contribution in [0.3, 0.4) is 0 Å². The molecule has 86 valence electrons. The van der Waals surface area contributed by atoms with Crippen LogP contribution in [0.1, 0.15) is 21.6 Å². The molecular weight excluding hydrogens is 220 g/mol. The molecule has 0 aliphatic heterocycles. The summed E-state index contributed by atoms with van der Waals surface area (Å²) in [5, 5.41) is 15.0. The second kappa shape index (κ2) is 3.38. The SMILES string of the molecule is Cn1nc(C(=O)[O-])c2c1-c1ncncc1CC2. The summed E-state index contributed by atoms with van der Waals surface area (Å²) in [6.45, 7) is 0. The minimum atomic E-state index is -1.24. The van der Waals surface area contributed by atoms with E-state index in [-0.39, 0.29) is 5.69 Å². The number of aromatic carboxylic acids is 1. The fourth-order valence-electron chi connectivity index (χ4n) is 2.28. The zero-order valence-electron chi connectivity index (χ0n) is 9.17. The number of hydrogen-bond donors (Lipinski definition) is 0. The largest absolute Gasteiger partial charge is 0.543 e. The van der Waals surface area contributed by atoms with Gasteiger partial charge < -0.3 is 9.90 Å². The number of carbonyl (C=O) groups excluding carboxylic acids is 1. The van der Waals surface area contributed by atoms with Crippen LogP contribution in [0.5, 0.6) is 0 Å². The van der Waals surface area contributed by atoms with Crippen molar-refractivity contribution in [2.75, 3.05) is 0 Å². The molecule has 0 bridgehead atoms. The third kappa shape index (κ3) is 1.33. The van der Waals surface area contributed by atoms with Gasteiger partial charge >= 0.3 is 0 Å². The summed E-state index contributed by atoms with van der Waals surface area (Å²) in [6, 6.07) is 0.